The lowest BCUT2D eigenvalue weighted by Gasteiger charge is -2.35. The molecule has 1 aliphatic heterocycles. The van der Waals surface area contributed by atoms with E-state index >= 15 is 0 Å². The van der Waals surface area contributed by atoms with Crippen LogP contribution in [0.4, 0.5) is 0 Å². The lowest BCUT2D eigenvalue weighted by atomic mass is 9.97. The summed E-state index contributed by atoms with van der Waals surface area (Å²) in [6, 6.07) is 0. The van der Waals surface area contributed by atoms with Gasteiger partial charge in [-0.05, 0) is 12.3 Å². The van der Waals surface area contributed by atoms with E-state index in [1.807, 2.05) is 23.5 Å². The molecule has 1 fully saturated rings. The van der Waals surface area contributed by atoms with Gasteiger partial charge >= 0.3 is 0 Å². The van der Waals surface area contributed by atoms with Crippen molar-refractivity contribution in [3.63, 3.8) is 0 Å². The second kappa shape index (κ2) is 6.41. The molecule has 0 saturated carbocycles. The van der Waals surface area contributed by atoms with Crippen LogP contribution in [0.15, 0.2) is 0 Å². The van der Waals surface area contributed by atoms with E-state index in [0.717, 1.165) is 17.4 Å². The molecule has 1 nitrogen and oxygen atoms in total. The summed E-state index contributed by atoms with van der Waals surface area (Å²) in [6.07, 6.45) is 2.21. The van der Waals surface area contributed by atoms with Crippen molar-refractivity contribution in [1.29, 1.82) is 0 Å². The Morgan fingerprint density at radius 1 is 1.33 bits per heavy atom. The van der Waals surface area contributed by atoms with Crippen molar-refractivity contribution in [3.05, 3.63) is 0 Å². The van der Waals surface area contributed by atoms with Gasteiger partial charge in [-0.15, -0.1) is 0 Å². The summed E-state index contributed by atoms with van der Waals surface area (Å²) in [5.74, 6) is 1.57. The number of hydrogen-bond donors (Lipinski definition) is 1. The fraction of sp³-hybridized carbons (Fsp3) is 1.00. The van der Waals surface area contributed by atoms with Crippen molar-refractivity contribution in [2.24, 2.45) is 5.92 Å². The van der Waals surface area contributed by atoms with Crippen molar-refractivity contribution in [1.82, 2.24) is 0 Å². The van der Waals surface area contributed by atoms with Gasteiger partial charge in [0.05, 0.1) is 6.10 Å². The molecule has 1 aliphatic rings. The molecule has 1 rings (SSSR count). The molecule has 5 unspecified atom stereocenters. The Kier molecular flexibility index (Phi) is 5.86. The Hall–Kier alpha value is 0.660. The molecule has 0 aromatic heterocycles. The Labute approximate surface area is 103 Å². The first-order chi connectivity index (χ1) is 7.06. The lowest BCUT2D eigenvalue weighted by molar-refractivity contribution is 0.113. The third-order valence-corrected chi connectivity index (χ3v) is 6.78. The largest absolute Gasteiger partial charge is 0.392 e. The molecular weight excluding hydrogens is 224 g/mol. The minimum atomic E-state index is -0.114. The van der Waals surface area contributed by atoms with Gasteiger partial charge in [-0.3, -0.25) is 0 Å². The first kappa shape index (κ1) is 13.7. The van der Waals surface area contributed by atoms with Gasteiger partial charge in [0.1, 0.15) is 0 Å². The zero-order valence-electron chi connectivity index (χ0n) is 10.3. The SMILES string of the molecule is CCCC(C)C(O)C1CSC(C)C(C)S1. The summed E-state index contributed by atoms with van der Waals surface area (Å²) >= 11 is 4.00. The van der Waals surface area contributed by atoms with Gasteiger partial charge in [0.2, 0.25) is 0 Å². The molecule has 1 N–H and O–H groups in total. The molecule has 0 aliphatic carbocycles. The lowest BCUT2D eigenvalue weighted by Crippen LogP contribution is -2.37. The van der Waals surface area contributed by atoms with E-state index in [1.165, 1.54) is 6.42 Å². The maximum absolute atomic E-state index is 10.2. The van der Waals surface area contributed by atoms with Gasteiger partial charge in [0.25, 0.3) is 0 Å². The molecule has 0 bridgehead atoms. The summed E-state index contributed by atoms with van der Waals surface area (Å²) in [6.45, 7) is 8.95. The van der Waals surface area contributed by atoms with Crippen molar-refractivity contribution >= 4 is 23.5 Å². The van der Waals surface area contributed by atoms with E-state index in [9.17, 15) is 5.11 Å². The van der Waals surface area contributed by atoms with Gasteiger partial charge < -0.3 is 5.11 Å². The highest BCUT2D eigenvalue weighted by molar-refractivity contribution is 8.07. The predicted octanol–water partition coefficient (Wildman–Crippen LogP) is 3.41. The molecule has 1 heterocycles. The standard InChI is InChI=1S/C12H24OS2/c1-5-6-8(2)12(13)11-7-14-9(3)10(4)15-11/h8-13H,5-7H2,1-4H3. The van der Waals surface area contributed by atoms with Crippen molar-refractivity contribution in [3.8, 4) is 0 Å². The Balaban J connectivity index is 2.43. The molecule has 90 valence electrons. The second-order valence-corrected chi connectivity index (χ2v) is 7.71. The van der Waals surface area contributed by atoms with Crippen LogP contribution in [0.25, 0.3) is 0 Å². The molecule has 0 amide bonds. The van der Waals surface area contributed by atoms with Gasteiger partial charge in [-0.2, -0.15) is 23.5 Å². The van der Waals surface area contributed by atoms with Crippen LogP contribution in [-0.4, -0.2) is 32.7 Å². The zero-order chi connectivity index (χ0) is 11.4. The van der Waals surface area contributed by atoms with E-state index in [0.29, 0.717) is 16.4 Å². The number of hydrogen-bond acceptors (Lipinski definition) is 3. The third-order valence-electron chi connectivity index (χ3n) is 3.28. The number of aliphatic hydroxyl groups excluding tert-OH is 1. The highest BCUT2D eigenvalue weighted by Gasteiger charge is 2.32. The fourth-order valence-electron chi connectivity index (χ4n) is 1.98. The molecule has 0 spiro atoms. The average Bonchev–Trinajstić information content (AvgIpc) is 2.21. The van der Waals surface area contributed by atoms with Gasteiger partial charge in [-0.25, -0.2) is 0 Å². The van der Waals surface area contributed by atoms with E-state index < -0.39 is 0 Å². The summed E-state index contributed by atoms with van der Waals surface area (Å²) in [7, 11) is 0. The highest BCUT2D eigenvalue weighted by Crippen LogP contribution is 2.38. The van der Waals surface area contributed by atoms with Gasteiger partial charge in [0.15, 0.2) is 0 Å². The molecule has 1 saturated heterocycles. The predicted molar refractivity (Wildman–Crippen MR) is 72.8 cm³/mol. The number of aliphatic hydroxyl groups is 1. The van der Waals surface area contributed by atoms with Crippen LogP contribution >= 0.6 is 23.5 Å². The molecule has 0 radical (unpaired) electrons. The monoisotopic (exact) mass is 248 g/mol. The van der Waals surface area contributed by atoms with E-state index in [4.69, 9.17) is 0 Å². The maximum atomic E-state index is 10.2. The van der Waals surface area contributed by atoms with Crippen LogP contribution in [0.5, 0.6) is 0 Å². The summed E-state index contributed by atoms with van der Waals surface area (Å²) in [4.78, 5) is 0. The Bertz CT molecular complexity index is 186. The summed E-state index contributed by atoms with van der Waals surface area (Å²) < 4.78 is 0. The van der Waals surface area contributed by atoms with Crippen LogP contribution in [-0.2, 0) is 0 Å². The number of rotatable bonds is 4. The van der Waals surface area contributed by atoms with Crippen molar-refractivity contribution in [2.75, 3.05) is 5.75 Å². The Morgan fingerprint density at radius 2 is 2.00 bits per heavy atom. The minimum Gasteiger partial charge on any atom is -0.392 e. The summed E-state index contributed by atoms with van der Waals surface area (Å²) in [5.41, 5.74) is 0. The molecular formula is C12H24OS2. The topological polar surface area (TPSA) is 20.2 Å². The first-order valence-corrected chi connectivity index (χ1v) is 8.00. The van der Waals surface area contributed by atoms with Crippen molar-refractivity contribution < 1.29 is 5.11 Å². The molecule has 0 aromatic rings. The molecule has 5 atom stereocenters. The van der Waals surface area contributed by atoms with Crippen molar-refractivity contribution in [2.45, 2.75) is 62.4 Å². The average molecular weight is 248 g/mol. The van der Waals surface area contributed by atoms with E-state index in [1.54, 1.807) is 0 Å². The normalized spacial score (nSPS) is 36.2. The smallest absolute Gasteiger partial charge is 0.0692 e. The minimum absolute atomic E-state index is 0.114. The molecule has 0 aromatic carbocycles. The van der Waals surface area contributed by atoms with E-state index in [-0.39, 0.29) is 6.10 Å². The van der Waals surface area contributed by atoms with Gasteiger partial charge in [-0.1, -0.05) is 34.1 Å². The van der Waals surface area contributed by atoms with Crippen LogP contribution in [0.1, 0.15) is 40.5 Å². The van der Waals surface area contributed by atoms with Crippen LogP contribution in [0.2, 0.25) is 0 Å². The third kappa shape index (κ3) is 3.86. The highest BCUT2D eigenvalue weighted by atomic mass is 32.2. The second-order valence-electron chi connectivity index (χ2n) is 4.67. The molecule has 15 heavy (non-hydrogen) atoms. The van der Waals surface area contributed by atoms with Crippen LogP contribution in [0, 0.1) is 5.92 Å². The first-order valence-electron chi connectivity index (χ1n) is 6.01. The fourth-order valence-corrected chi connectivity index (χ4v) is 5.12. The van der Waals surface area contributed by atoms with Gasteiger partial charge in [0, 0.05) is 21.5 Å². The van der Waals surface area contributed by atoms with Crippen LogP contribution in [0.3, 0.4) is 0 Å². The maximum Gasteiger partial charge on any atom is 0.0692 e. The molecule has 3 heteroatoms. The summed E-state index contributed by atoms with van der Waals surface area (Å²) in [5, 5.41) is 12.1. The van der Waals surface area contributed by atoms with Crippen LogP contribution < -0.4 is 0 Å². The van der Waals surface area contributed by atoms with E-state index in [2.05, 4.69) is 27.7 Å². The Morgan fingerprint density at radius 3 is 2.53 bits per heavy atom. The zero-order valence-corrected chi connectivity index (χ0v) is 11.9. The quantitative estimate of drug-likeness (QED) is 0.823. The number of thioether (sulfide) groups is 2.